The number of hydrogen-bond acceptors (Lipinski definition) is 3. The molecule has 0 spiro atoms. The zero-order valence-corrected chi connectivity index (χ0v) is 10.8. The molecule has 2 heterocycles. The number of pyridine rings is 1. The monoisotopic (exact) mass is 279 g/mol. The Balaban J connectivity index is 2.10. The van der Waals surface area contributed by atoms with E-state index in [-0.39, 0.29) is 22.6 Å². The average Bonchev–Trinajstić information content (AvgIpc) is 2.33. The molecule has 98 valence electrons. The molecule has 0 aliphatic heterocycles. The summed E-state index contributed by atoms with van der Waals surface area (Å²) >= 11 is 5.68. The largest absolute Gasteiger partial charge is 0.312 e. The van der Waals surface area contributed by atoms with E-state index in [4.69, 9.17) is 11.6 Å². The second-order valence-electron chi connectivity index (χ2n) is 4.58. The highest BCUT2D eigenvalue weighted by Gasteiger charge is 2.21. The molecule has 6 heteroatoms. The molecule has 0 bridgehead atoms. The summed E-state index contributed by atoms with van der Waals surface area (Å²) in [5, 5.41) is -0.0159. The van der Waals surface area contributed by atoms with E-state index >= 15 is 0 Å². The van der Waals surface area contributed by atoms with E-state index in [1.165, 1.54) is 6.07 Å². The van der Waals surface area contributed by atoms with Gasteiger partial charge in [0.15, 0.2) is 5.82 Å². The predicted octanol–water partition coefficient (Wildman–Crippen LogP) is 2.82. The van der Waals surface area contributed by atoms with E-state index in [9.17, 15) is 9.18 Å². The third kappa shape index (κ3) is 2.26. The van der Waals surface area contributed by atoms with Gasteiger partial charge in [0.2, 0.25) is 5.28 Å². The van der Waals surface area contributed by atoms with Gasteiger partial charge in [-0.15, -0.1) is 0 Å². The van der Waals surface area contributed by atoms with Crippen LogP contribution in [0.3, 0.4) is 0 Å². The quantitative estimate of drug-likeness (QED) is 0.794. The fourth-order valence-electron chi connectivity index (χ4n) is 2.14. The van der Waals surface area contributed by atoms with Crippen molar-refractivity contribution in [2.75, 3.05) is 0 Å². The summed E-state index contributed by atoms with van der Waals surface area (Å²) in [5.74, 6) is -0.553. The molecule has 0 radical (unpaired) electrons. The van der Waals surface area contributed by atoms with E-state index < -0.39 is 5.82 Å². The van der Waals surface area contributed by atoms with Crippen LogP contribution in [0.5, 0.6) is 0 Å². The molecule has 0 N–H and O–H groups in total. The molecule has 4 nitrogen and oxygen atoms in total. The molecular formula is C13H11ClFN3O. The van der Waals surface area contributed by atoms with Gasteiger partial charge in [0.1, 0.15) is 5.69 Å². The summed E-state index contributed by atoms with van der Waals surface area (Å²) in [5.41, 5.74) is 0.579. The van der Waals surface area contributed by atoms with Crippen LogP contribution >= 0.6 is 11.6 Å². The Morgan fingerprint density at radius 2 is 2.16 bits per heavy atom. The maximum absolute atomic E-state index is 13.7. The van der Waals surface area contributed by atoms with Crippen LogP contribution in [0.4, 0.5) is 4.39 Å². The van der Waals surface area contributed by atoms with E-state index in [0.717, 1.165) is 25.5 Å². The Morgan fingerprint density at radius 3 is 2.84 bits per heavy atom. The molecule has 0 atom stereocenters. The Bertz CT molecular complexity index is 682. The maximum Gasteiger partial charge on any atom is 0.250 e. The van der Waals surface area contributed by atoms with E-state index in [1.54, 1.807) is 16.8 Å². The predicted molar refractivity (Wildman–Crippen MR) is 69.6 cm³/mol. The molecule has 1 saturated carbocycles. The lowest BCUT2D eigenvalue weighted by molar-refractivity contribution is 0.306. The van der Waals surface area contributed by atoms with Gasteiger partial charge >= 0.3 is 0 Å². The lowest BCUT2D eigenvalue weighted by Gasteiger charge is -2.27. The molecule has 0 aromatic carbocycles. The first-order valence-corrected chi connectivity index (χ1v) is 6.43. The van der Waals surface area contributed by atoms with Crippen molar-refractivity contribution in [1.29, 1.82) is 0 Å². The van der Waals surface area contributed by atoms with Crippen LogP contribution in [-0.2, 0) is 0 Å². The van der Waals surface area contributed by atoms with Crippen molar-refractivity contribution in [3.63, 3.8) is 0 Å². The van der Waals surface area contributed by atoms with Crippen LogP contribution in [-0.4, -0.2) is 14.5 Å². The van der Waals surface area contributed by atoms with Crippen LogP contribution in [0.2, 0.25) is 5.28 Å². The average molecular weight is 280 g/mol. The second kappa shape index (κ2) is 4.74. The van der Waals surface area contributed by atoms with Crippen LogP contribution < -0.4 is 5.56 Å². The molecule has 19 heavy (non-hydrogen) atoms. The molecule has 0 unspecified atom stereocenters. The summed E-state index contributed by atoms with van der Waals surface area (Å²) < 4.78 is 15.4. The summed E-state index contributed by atoms with van der Waals surface area (Å²) in [6.07, 6.45) is 5.76. The smallest absolute Gasteiger partial charge is 0.250 e. The molecule has 1 aliphatic rings. The standard InChI is InChI=1S/C13H11ClFN3O/c14-13-16-6-10(15)12(17-13)8-4-5-11(19)18(7-8)9-2-1-3-9/h4-7,9H,1-3H2. The number of rotatable bonds is 2. The second-order valence-corrected chi connectivity index (χ2v) is 4.92. The highest BCUT2D eigenvalue weighted by atomic mass is 35.5. The van der Waals surface area contributed by atoms with Crippen molar-refractivity contribution in [2.24, 2.45) is 0 Å². The number of nitrogens with zero attached hydrogens (tertiary/aromatic N) is 3. The van der Waals surface area contributed by atoms with Crippen molar-refractivity contribution >= 4 is 11.6 Å². The highest BCUT2D eigenvalue weighted by molar-refractivity contribution is 6.28. The van der Waals surface area contributed by atoms with E-state index in [0.29, 0.717) is 5.56 Å². The van der Waals surface area contributed by atoms with Crippen LogP contribution in [0.1, 0.15) is 25.3 Å². The molecule has 2 aromatic heterocycles. The first kappa shape index (κ1) is 12.3. The van der Waals surface area contributed by atoms with Crippen LogP contribution in [0.15, 0.2) is 29.3 Å². The first-order valence-electron chi connectivity index (χ1n) is 6.06. The van der Waals surface area contributed by atoms with Gasteiger partial charge in [-0.05, 0) is 36.9 Å². The fraction of sp³-hybridized carbons (Fsp3) is 0.308. The Hall–Kier alpha value is -1.75. The molecule has 0 amide bonds. The number of aromatic nitrogens is 3. The summed E-state index contributed by atoms with van der Waals surface area (Å²) in [7, 11) is 0. The number of hydrogen-bond donors (Lipinski definition) is 0. The van der Waals surface area contributed by atoms with E-state index in [1.807, 2.05) is 0 Å². The van der Waals surface area contributed by atoms with Gasteiger partial charge in [-0.2, -0.15) is 0 Å². The molecule has 2 aromatic rings. The van der Waals surface area contributed by atoms with E-state index in [2.05, 4.69) is 9.97 Å². The minimum atomic E-state index is -0.553. The highest BCUT2D eigenvalue weighted by Crippen LogP contribution is 2.31. The molecular weight excluding hydrogens is 269 g/mol. The van der Waals surface area contributed by atoms with Crippen LogP contribution in [0.25, 0.3) is 11.3 Å². The lowest BCUT2D eigenvalue weighted by atomic mass is 9.92. The minimum Gasteiger partial charge on any atom is -0.312 e. The van der Waals surface area contributed by atoms with Gasteiger partial charge in [-0.3, -0.25) is 4.79 Å². The fourth-order valence-corrected chi connectivity index (χ4v) is 2.28. The zero-order valence-electron chi connectivity index (χ0n) is 10.0. The first-order chi connectivity index (χ1) is 9.15. The molecule has 1 aliphatic carbocycles. The Labute approximate surface area is 113 Å². The number of halogens is 2. The Morgan fingerprint density at radius 1 is 1.37 bits per heavy atom. The minimum absolute atomic E-state index is 0.0159. The Kier molecular flexibility index (Phi) is 3.06. The van der Waals surface area contributed by atoms with Gasteiger partial charge in [-0.25, -0.2) is 14.4 Å². The normalized spacial score (nSPS) is 15.3. The summed E-state index contributed by atoms with van der Waals surface area (Å²) in [6.45, 7) is 0. The van der Waals surface area contributed by atoms with Gasteiger partial charge < -0.3 is 4.57 Å². The molecule has 1 fully saturated rings. The van der Waals surface area contributed by atoms with Crippen molar-refractivity contribution in [3.8, 4) is 11.3 Å². The van der Waals surface area contributed by atoms with Gasteiger partial charge in [0, 0.05) is 23.9 Å². The lowest BCUT2D eigenvalue weighted by Crippen LogP contribution is -2.28. The van der Waals surface area contributed by atoms with Gasteiger partial charge in [-0.1, -0.05) is 0 Å². The summed E-state index contributed by atoms with van der Waals surface area (Å²) in [4.78, 5) is 19.3. The zero-order chi connectivity index (χ0) is 13.4. The maximum atomic E-state index is 13.7. The molecule has 0 saturated heterocycles. The van der Waals surface area contributed by atoms with Gasteiger partial charge in [0.25, 0.3) is 5.56 Å². The topological polar surface area (TPSA) is 47.8 Å². The summed E-state index contributed by atoms with van der Waals surface area (Å²) in [6, 6.07) is 3.20. The van der Waals surface area contributed by atoms with Crippen molar-refractivity contribution < 1.29 is 4.39 Å². The van der Waals surface area contributed by atoms with Crippen molar-refractivity contribution in [3.05, 3.63) is 46.0 Å². The third-order valence-electron chi connectivity index (χ3n) is 3.39. The van der Waals surface area contributed by atoms with Crippen molar-refractivity contribution in [2.45, 2.75) is 25.3 Å². The van der Waals surface area contributed by atoms with Gasteiger partial charge in [0.05, 0.1) is 6.20 Å². The SMILES string of the molecule is O=c1ccc(-c2nc(Cl)ncc2F)cn1C1CCC1. The van der Waals surface area contributed by atoms with Crippen LogP contribution in [0, 0.1) is 5.82 Å². The third-order valence-corrected chi connectivity index (χ3v) is 3.58. The van der Waals surface area contributed by atoms with Crippen molar-refractivity contribution in [1.82, 2.24) is 14.5 Å². The molecule has 3 rings (SSSR count).